The fourth-order valence-electron chi connectivity index (χ4n) is 3.01. The van der Waals surface area contributed by atoms with Gasteiger partial charge in [-0.3, -0.25) is 0 Å². The third-order valence-electron chi connectivity index (χ3n) is 4.52. The molecule has 3 aromatic rings. The van der Waals surface area contributed by atoms with Gasteiger partial charge in [-0.1, -0.05) is 29.8 Å². The molecular formula is C19H16ClFN4. The second kappa shape index (κ2) is 6.01. The maximum Gasteiger partial charge on any atom is 0.226 e. The Morgan fingerprint density at radius 1 is 1.16 bits per heavy atom. The first-order valence-corrected chi connectivity index (χ1v) is 8.32. The summed E-state index contributed by atoms with van der Waals surface area (Å²) in [5.74, 6) is 0.191. The van der Waals surface area contributed by atoms with Crippen LogP contribution in [0.25, 0.3) is 5.70 Å². The van der Waals surface area contributed by atoms with Gasteiger partial charge in [0, 0.05) is 16.3 Å². The minimum absolute atomic E-state index is 0.364. The van der Waals surface area contributed by atoms with E-state index in [1.54, 1.807) is 16.8 Å². The number of allylic oxidation sites excluding steroid dienone is 1. The largest absolute Gasteiger partial charge is 0.324 e. The minimum Gasteiger partial charge on any atom is -0.324 e. The van der Waals surface area contributed by atoms with Crippen molar-refractivity contribution in [3.05, 3.63) is 81.9 Å². The lowest BCUT2D eigenvalue weighted by atomic mass is 9.99. The molecule has 1 atom stereocenters. The Kier molecular flexibility index (Phi) is 3.81. The summed E-state index contributed by atoms with van der Waals surface area (Å²) in [6.07, 6.45) is 3.37. The van der Waals surface area contributed by atoms with Gasteiger partial charge in [0.1, 0.15) is 18.2 Å². The molecule has 4 rings (SSSR count). The fraction of sp³-hybridized carbons (Fsp3) is 0.158. The summed E-state index contributed by atoms with van der Waals surface area (Å²) < 4.78 is 16.1. The number of hydrogen-bond acceptors (Lipinski definition) is 3. The standard InChI is InChI=1S/C19H16ClFN4/c1-11-6-7-13(8-12(11)2)16-9-17(25-19(24-16)22-10-23-25)18-14(20)4-3-5-15(18)21/h3-10,17H,1-2H3,(H,22,23,24)/t17-/m0/s1. The third-order valence-corrected chi connectivity index (χ3v) is 4.85. The Bertz CT molecular complexity index is 973. The third kappa shape index (κ3) is 2.70. The Morgan fingerprint density at radius 3 is 2.76 bits per heavy atom. The lowest BCUT2D eigenvalue weighted by Gasteiger charge is -2.25. The van der Waals surface area contributed by atoms with E-state index in [2.05, 4.69) is 41.4 Å². The van der Waals surface area contributed by atoms with Crippen LogP contribution < -0.4 is 5.32 Å². The number of hydrogen-bond donors (Lipinski definition) is 1. The van der Waals surface area contributed by atoms with Gasteiger partial charge in [-0.2, -0.15) is 10.1 Å². The Labute approximate surface area is 150 Å². The molecule has 126 valence electrons. The number of nitrogens with one attached hydrogen (secondary N) is 1. The van der Waals surface area contributed by atoms with E-state index in [4.69, 9.17) is 11.6 Å². The van der Waals surface area contributed by atoms with E-state index >= 15 is 0 Å². The van der Waals surface area contributed by atoms with Crippen LogP contribution in [0.4, 0.5) is 10.3 Å². The van der Waals surface area contributed by atoms with Crippen LogP contribution in [-0.4, -0.2) is 14.8 Å². The molecule has 0 spiro atoms. The predicted molar refractivity (Wildman–Crippen MR) is 97.1 cm³/mol. The molecule has 0 radical (unpaired) electrons. The highest BCUT2D eigenvalue weighted by atomic mass is 35.5. The molecule has 0 aliphatic carbocycles. The van der Waals surface area contributed by atoms with Crippen molar-refractivity contribution in [1.29, 1.82) is 0 Å². The summed E-state index contributed by atoms with van der Waals surface area (Å²) in [5.41, 5.74) is 4.66. The zero-order valence-electron chi connectivity index (χ0n) is 13.8. The van der Waals surface area contributed by atoms with E-state index in [0.29, 0.717) is 16.5 Å². The number of rotatable bonds is 2. The van der Waals surface area contributed by atoms with Gasteiger partial charge < -0.3 is 5.32 Å². The summed E-state index contributed by atoms with van der Waals surface area (Å²) in [6.45, 7) is 4.14. The van der Waals surface area contributed by atoms with E-state index in [9.17, 15) is 4.39 Å². The van der Waals surface area contributed by atoms with Crippen LogP contribution in [0.1, 0.15) is 28.3 Å². The number of nitrogens with zero attached hydrogens (tertiary/aromatic N) is 3. The molecule has 0 bridgehead atoms. The second-order valence-corrected chi connectivity index (χ2v) is 6.52. The van der Waals surface area contributed by atoms with Crippen molar-refractivity contribution < 1.29 is 4.39 Å². The molecule has 0 amide bonds. The highest BCUT2D eigenvalue weighted by Crippen LogP contribution is 2.36. The van der Waals surface area contributed by atoms with Gasteiger partial charge in [-0.15, -0.1) is 0 Å². The highest BCUT2D eigenvalue weighted by molar-refractivity contribution is 6.31. The Balaban J connectivity index is 1.88. The van der Waals surface area contributed by atoms with Gasteiger partial charge in [0.05, 0.1) is 0 Å². The van der Waals surface area contributed by atoms with Gasteiger partial charge in [0.25, 0.3) is 0 Å². The van der Waals surface area contributed by atoms with Crippen molar-refractivity contribution in [3.8, 4) is 0 Å². The average molecular weight is 355 g/mol. The Morgan fingerprint density at radius 2 is 2.00 bits per heavy atom. The van der Waals surface area contributed by atoms with E-state index in [1.807, 2.05) is 12.1 Å². The molecule has 4 nitrogen and oxygen atoms in total. The number of fused-ring (bicyclic) bond motifs is 1. The monoisotopic (exact) mass is 354 g/mol. The lowest BCUT2D eigenvalue weighted by molar-refractivity contribution is 0.551. The molecule has 0 saturated heterocycles. The highest BCUT2D eigenvalue weighted by Gasteiger charge is 2.27. The summed E-state index contributed by atoms with van der Waals surface area (Å²) in [7, 11) is 0. The number of anilines is 1. The summed E-state index contributed by atoms with van der Waals surface area (Å²) in [5, 5.41) is 7.86. The predicted octanol–water partition coefficient (Wildman–Crippen LogP) is 4.74. The molecule has 1 N–H and O–H groups in total. The number of benzene rings is 2. The first kappa shape index (κ1) is 15.8. The van der Waals surface area contributed by atoms with Gasteiger partial charge in [0.2, 0.25) is 5.95 Å². The van der Waals surface area contributed by atoms with Crippen LogP contribution in [0.15, 0.2) is 48.8 Å². The number of aryl methyl sites for hydroxylation is 2. The molecular weight excluding hydrogens is 339 g/mol. The molecule has 1 aliphatic heterocycles. The molecule has 1 aromatic heterocycles. The molecule has 6 heteroatoms. The van der Waals surface area contributed by atoms with Crippen LogP contribution in [0.5, 0.6) is 0 Å². The molecule has 0 saturated carbocycles. The minimum atomic E-state index is -0.468. The quantitative estimate of drug-likeness (QED) is 0.722. The molecule has 2 aromatic carbocycles. The smallest absolute Gasteiger partial charge is 0.226 e. The number of halogens is 2. The lowest BCUT2D eigenvalue weighted by Crippen LogP contribution is -2.21. The molecule has 0 fully saturated rings. The van der Waals surface area contributed by atoms with Crippen LogP contribution in [0.2, 0.25) is 5.02 Å². The topological polar surface area (TPSA) is 42.7 Å². The zero-order valence-corrected chi connectivity index (χ0v) is 14.5. The fourth-order valence-corrected chi connectivity index (χ4v) is 3.28. The average Bonchev–Trinajstić information content (AvgIpc) is 3.05. The SMILES string of the molecule is Cc1ccc(C2=C[C@@H](c3c(F)cccc3Cl)n3ncnc3N2)cc1C. The van der Waals surface area contributed by atoms with Gasteiger partial charge in [0.15, 0.2) is 0 Å². The summed E-state index contributed by atoms with van der Waals surface area (Å²) in [6, 6.07) is 10.4. The van der Waals surface area contributed by atoms with E-state index in [0.717, 1.165) is 11.3 Å². The van der Waals surface area contributed by atoms with Crippen LogP contribution in [-0.2, 0) is 0 Å². The van der Waals surface area contributed by atoms with Crippen molar-refractivity contribution >= 4 is 23.2 Å². The molecule has 0 unspecified atom stereocenters. The van der Waals surface area contributed by atoms with Crippen molar-refractivity contribution in [2.45, 2.75) is 19.9 Å². The van der Waals surface area contributed by atoms with E-state index in [1.165, 1.54) is 23.5 Å². The first-order valence-electron chi connectivity index (χ1n) is 7.94. The van der Waals surface area contributed by atoms with E-state index < -0.39 is 6.04 Å². The van der Waals surface area contributed by atoms with Crippen LogP contribution >= 0.6 is 11.6 Å². The van der Waals surface area contributed by atoms with Crippen molar-refractivity contribution in [2.24, 2.45) is 0 Å². The van der Waals surface area contributed by atoms with Gasteiger partial charge in [-0.05, 0) is 54.8 Å². The summed E-state index contributed by atoms with van der Waals surface area (Å²) >= 11 is 6.28. The molecule has 25 heavy (non-hydrogen) atoms. The van der Waals surface area contributed by atoms with Gasteiger partial charge in [-0.25, -0.2) is 9.07 Å². The van der Waals surface area contributed by atoms with Crippen molar-refractivity contribution in [2.75, 3.05) is 5.32 Å². The van der Waals surface area contributed by atoms with Gasteiger partial charge >= 0.3 is 0 Å². The van der Waals surface area contributed by atoms with E-state index in [-0.39, 0.29) is 5.82 Å². The number of aromatic nitrogens is 3. The summed E-state index contributed by atoms with van der Waals surface area (Å²) in [4.78, 5) is 4.24. The zero-order chi connectivity index (χ0) is 17.6. The molecule has 1 aliphatic rings. The van der Waals surface area contributed by atoms with Crippen LogP contribution in [0.3, 0.4) is 0 Å². The normalized spacial score (nSPS) is 16.2. The molecule has 2 heterocycles. The maximum absolute atomic E-state index is 14.5. The second-order valence-electron chi connectivity index (χ2n) is 6.11. The van der Waals surface area contributed by atoms with Crippen molar-refractivity contribution in [1.82, 2.24) is 14.8 Å². The van der Waals surface area contributed by atoms with Crippen molar-refractivity contribution in [3.63, 3.8) is 0 Å². The Hall–Kier alpha value is -2.66. The first-order chi connectivity index (χ1) is 12.0. The maximum atomic E-state index is 14.5. The van der Waals surface area contributed by atoms with Crippen LogP contribution in [0, 0.1) is 19.7 Å².